The molecular weight excluding hydrogens is 835 g/mol. The van der Waals surface area contributed by atoms with Crippen LogP contribution in [0.25, 0.3) is 0 Å². The van der Waals surface area contributed by atoms with Crippen LogP contribution in [0.2, 0.25) is 0 Å². The number of carboxylic acids is 2. The number of hydrazine groups is 2. The highest BCUT2D eigenvalue weighted by Gasteiger charge is 2.24. The average molecular weight is 890 g/mol. The van der Waals surface area contributed by atoms with Gasteiger partial charge in [-0.05, 0) is 117 Å². The largest absolute Gasteiger partial charge is 0.480 e. The number of amides is 2. The predicted molar refractivity (Wildman–Crippen MR) is 252 cm³/mol. The van der Waals surface area contributed by atoms with Crippen LogP contribution in [0.15, 0.2) is 107 Å². The number of rotatable bonds is 16. The van der Waals surface area contributed by atoms with Gasteiger partial charge < -0.3 is 48.1 Å². The van der Waals surface area contributed by atoms with E-state index in [1.165, 1.54) is 17.1 Å². The summed E-state index contributed by atoms with van der Waals surface area (Å²) in [5.74, 6) is 21.6. The van der Waals surface area contributed by atoms with E-state index < -0.39 is 24.0 Å². The topological polar surface area (TPSA) is 301 Å². The number of carbonyl (C=O) groups excluding carboxylic acids is 2. The van der Waals surface area contributed by atoms with Crippen molar-refractivity contribution in [1.29, 1.82) is 0 Å². The summed E-state index contributed by atoms with van der Waals surface area (Å²) in [5.41, 5.74) is 9.63. The number of hydrogen-bond donors (Lipinski definition) is 9. The number of carboxylic acid groups (broad SMARTS) is 2. The first-order valence-electron chi connectivity index (χ1n) is 19.1. The number of nitrogens with one attached hydrogen (secondary N) is 2. The molecule has 0 fully saturated rings. The molecule has 2 unspecified atom stereocenters. The Kier molecular flexibility index (Phi) is 19.8. The highest BCUT2D eigenvalue weighted by atomic mass is 33.1. The second kappa shape index (κ2) is 24.7. The number of amidine groups is 2. The maximum absolute atomic E-state index is 13.0. The Balaban J connectivity index is 0.00000504. The third kappa shape index (κ3) is 14.6. The van der Waals surface area contributed by atoms with Crippen molar-refractivity contribution in [1.82, 2.24) is 0 Å². The van der Waals surface area contributed by atoms with Crippen LogP contribution in [0.5, 0.6) is 0 Å². The SMILES string of the molecule is CN.Cc1ccc(N(CCC(=O)Nc2cccc(N(N)/C(=N\N)SS/C(=N/N)N(N)c3cccc(NC(=O)CCN(c4ccc(C)cc4)C(C)C(=O)O)c3)c2)C(C)C(=O)O)cc1. The molecule has 0 radical (unpaired) electrons. The molecule has 0 bridgehead atoms. The first-order valence-corrected chi connectivity index (χ1v) is 21.3. The maximum Gasteiger partial charge on any atom is 0.326 e. The van der Waals surface area contributed by atoms with E-state index in [1.54, 1.807) is 72.2 Å². The molecule has 19 nitrogen and oxygen atoms in total. The minimum Gasteiger partial charge on any atom is -0.480 e. The second-order valence-electron chi connectivity index (χ2n) is 13.5. The molecule has 2 atom stereocenters. The Morgan fingerprint density at radius 3 is 1.24 bits per heavy atom. The summed E-state index contributed by atoms with van der Waals surface area (Å²) >= 11 is 0. The Labute approximate surface area is 368 Å². The van der Waals surface area contributed by atoms with Gasteiger partial charge in [0.15, 0.2) is 0 Å². The highest BCUT2D eigenvalue weighted by Crippen LogP contribution is 2.31. The van der Waals surface area contributed by atoms with Crippen molar-refractivity contribution in [3.63, 3.8) is 0 Å². The van der Waals surface area contributed by atoms with Gasteiger partial charge in [0.1, 0.15) is 12.1 Å². The van der Waals surface area contributed by atoms with Crippen molar-refractivity contribution in [2.75, 3.05) is 50.6 Å². The summed E-state index contributed by atoms with van der Waals surface area (Å²) in [5, 5.41) is 35.2. The number of benzene rings is 4. The van der Waals surface area contributed by atoms with Gasteiger partial charge in [-0.25, -0.2) is 21.3 Å². The van der Waals surface area contributed by atoms with Gasteiger partial charge in [-0.1, -0.05) is 47.5 Å². The normalized spacial score (nSPS) is 12.2. The van der Waals surface area contributed by atoms with Gasteiger partial charge in [-0.2, -0.15) is 10.2 Å². The van der Waals surface area contributed by atoms with Crippen molar-refractivity contribution in [2.24, 2.45) is 39.3 Å². The Bertz CT molecular complexity index is 2020. The number of nitrogens with zero attached hydrogens (tertiary/aromatic N) is 6. The monoisotopic (exact) mass is 889 g/mol. The fraction of sp³-hybridized carbons (Fsp3) is 0.268. The summed E-state index contributed by atoms with van der Waals surface area (Å²) < 4.78 is 0. The number of aliphatic carboxylic acids is 2. The lowest BCUT2D eigenvalue weighted by atomic mass is 10.1. The number of carbonyl (C=O) groups is 4. The lowest BCUT2D eigenvalue weighted by Gasteiger charge is -2.28. The molecule has 4 aromatic rings. The summed E-state index contributed by atoms with van der Waals surface area (Å²) in [4.78, 5) is 53.0. The molecule has 0 aromatic heterocycles. The molecular formula is C41H55N13O6S2. The molecule has 0 aliphatic heterocycles. The van der Waals surface area contributed by atoms with Crippen LogP contribution in [-0.4, -0.2) is 76.5 Å². The molecule has 2 amide bonds. The molecule has 62 heavy (non-hydrogen) atoms. The zero-order valence-electron chi connectivity index (χ0n) is 35.1. The quantitative estimate of drug-likeness (QED) is 0.0248. The molecule has 14 N–H and O–H groups in total. The van der Waals surface area contributed by atoms with E-state index in [0.29, 0.717) is 34.1 Å². The molecule has 4 rings (SSSR count). The fourth-order valence-electron chi connectivity index (χ4n) is 5.73. The van der Waals surface area contributed by atoms with Crippen LogP contribution < -0.4 is 59.6 Å². The zero-order chi connectivity index (χ0) is 45.9. The summed E-state index contributed by atoms with van der Waals surface area (Å²) in [7, 11) is 3.49. The Morgan fingerprint density at radius 1 is 0.597 bits per heavy atom. The van der Waals surface area contributed by atoms with Crippen LogP contribution in [0.3, 0.4) is 0 Å². The molecule has 332 valence electrons. The molecule has 0 spiro atoms. The van der Waals surface area contributed by atoms with Crippen molar-refractivity contribution >= 4 is 89.8 Å². The average Bonchev–Trinajstić information content (AvgIpc) is 3.26. The molecule has 0 aliphatic rings. The molecule has 0 saturated carbocycles. The van der Waals surface area contributed by atoms with Crippen molar-refractivity contribution in [3.8, 4) is 0 Å². The second-order valence-corrected chi connectivity index (χ2v) is 15.6. The zero-order valence-corrected chi connectivity index (χ0v) is 36.8. The molecule has 4 aromatic carbocycles. The minimum absolute atomic E-state index is 0.0113. The van der Waals surface area contributed by atoms with Crippen molar-refractivity contribution in [3.05, 3.63) is 108 Å². The smallest absolute Gasteiger partial charge is 0.326 e. The van der Waals surface area contributed by atoms with Gasteiger partial charge in [0, 0.05) is 48.7 Å². The first-order chi connectivity index (χ1) is 29.6. The van der Waals surface area contributed by atoms with E-state index in [0.717, 1.165) is 32.7 Å². The van der Waals surface area contributed by atoms with E-state index in [9.17, 15) is 29.4 Å². The van der Waals surface area contributed by atoms with Crippen molar-refractivity contribution in [2.45, 2.75) is 52.6 Å². The molecule has 0 aliphatic carbocycles. The van der Waals surface area contributed by atoms with Gasteiger partial charge >= 0.3 is 11.9 Å². The van der Waals surface area contributed by atoms with Gasteiger partial charge in [-0.15, -0.1) is 0 Å². The maximum atomic E-state index is 13.0. The minimum atomic E-state index is -1.01. The van der Waals surface area contributed by atoms with Gasteiger partial charge in [0.2, 0.25) is 22.1 Å². The predicted octanol–water partition coefficient (Wildman–Crippen LogP) is 4.40. The summed E-state index contributed by atoms with van der Waals surface area (Å²) in [6.07, 6.45) is 0.0225. The van der Waals surface area contributed by atoms with Crippen molar-refractivity contribution < 1.29 is 29.4 Å². The third-order valence-corrected chi connectivity index (χ3v) is 11.3. The fourth-order valence-corrected chi connectivity index (χ4v) is 7.53. The van der Waals surface area contributed by atoms with Crippen LogP contribution in [0, 0.1) is 13.8 Å². The van der Waals surface area contributed by atoms with E-state index in [-0.39, 0.29) is 48.1 Å². The number of aryl methyl sites for hydroxylation is 2. The highest BCUT2D eigenvalue weighted by molar-refractivity contribution is 8.87. The van der Waals surface area contributed by atoms with Gasteiger partial charge in [0.25, 0.3) is 0 Å². The Hall–Kier alpha value is -6.52. The van der Waals surface area contributed by atoms with Gasteiger partial charge in [-0.3, -0.25) is 19.6 Å². The molecule has 0 saturated heterocycles. The van der Waals surface area contributed by atoms with Gasteiger partial charge in [0.05, 0.1) is 11.4 Å². The first kappa shape index (κ1) is 49.8. The standard InChI is InChI=1S/C40H50N12O6S2.CH5N/c1-25-11-15-31(16-12-25)49(27(3)37(55)56)21-19-35(53)45-29-7-5-9-33(23-29)51(43)39(47-41)59-60-40(48-42)52(44)34-10-6-8-30(24-34)46-36(54)20-22-50(28(4)38(57)58)32-17-13-26(2)14-18-32;1-2/h5-18,23-24,27-28H,19-22,41-44H2,1-4H3,(H,45,53)(H,46,54)(H,55,56)(H,57,58);2H2,1H3/b47-39+,48-40+;. The van der Waals surface area contributed by atoms with Crippen LogP contribution in [0.1, 0.15) is 37.8 Å². The van der Waals surface area contributed by atoms with E-state index in [1.807, 2.05) is 62.4 Å². The van der Waals surface area contributed by atoms with E-state index in [4.69, 9.17) is 23.4 Å². The summed E-state index contributed by atoms with van der Waals surface area (Å²) in [6, 6.07) is 26.4. The number of anilines is 6. The Morgan fingerprint density at radius 2 is 0.935 bits per heavy atom. The molecule has 21 heteroatoms. The summed E-state index contributed by atoms with van der Waals surface area (Å²) in [6.45, 7) is 7.32. The lowest BCUT2D eigenvalue weighted by Crippen LogP contribution is -2.40. The van der Waals surface area contributed by atoms with E-state index in [2.05, 4.69) is 26.6 Å². The number of hydrazone groups is 2. The third-order valence-electron chi connectivity index (χ3n) is 9.18. The van der Waals surface area contributed by atoms with E-state index >= 15 is 0 Å². The number of nitrogens with two attached hydrogens (primary N) is 5. The number of hydrogen-bond acceptors (Lipinski definition) is 15. The van der Waals surface area contributed by atoms with Crippen LogP contribution in [0.4, 0.5) is 34.1 Å². The lowest BCUT2D eigenvalue weighted by molar-refractivity contribution is -0.139. The molecule has 0 heterocycles. The van der Waals surface area contributed by atoms with Crippen LogP contribution in [-0.2, 0) is 19.2 Å². The van der Waals surface area contributed by atoms with Crippen LogP contribution >= 0.6 is 21.6 Å².